The zero-order chi connectivity index (χ0) is 10.6. The molecule has 1 N–H and O–H groups in total. The van der Waals surface area contributed by atoms with Crippen molar-refractivity contribution in [3.63, 3.8) is 0 Å². The van der Waals surface area contributed by atoms with Crippen molar-refractivity contribution in [3.8, 4) is 0 Å². The summed E-state index contributed by atoms with van der Waals surface area (Å²) in [4.78, 5) is 0. The van der Waals surface area contributed by atoms with Gasteiger partial charge in [-0.1, -0.05) is 41.0 Å². The Morgan fingerprint density at radius 3 is 2.64 bits per heavy atom. The van der Waals surface area contributed by atoms with Crippen LogP contribution in [0.5, 0.6) is 0 Å². The predicted octanol–water partition coefficient (Wildman–Crippen LogP) is 3.60. The molecule has 0 aromatic heterocycles. The summed E-state index contributed by atoms with van der Waals surface area (Å²) < 4.78 is 1.08. The van der Waals surface area contributed by atoms with Gasteiger partial charge in [-0.25, -0.2) is 0 Å². The van der Waals surface area contributed by atoms with Gasteiger partial charge < -0.3 is 5.21 Å². The average Bonchev–Trinajstić information content (AvgIpc) is 2.62. The molecular formula is C11H14BrNO. The second kappa shape index (κ2) is 5.15. The molecule has 0 atom stereocenters. The van der Waals surface area contributed by atoms with Crippen LogP contribution in [0.3, 0.4) is 0 Å². The highest BCUT2D eigenvalue weighted by atomic mass is 79.9. The molecule has 1 aliphatic carbocycles. The molecule has 76 valence electrons. The Balaban J connectivity index is 0.000000461. The summed E-state index contributed by atoms with van der Waals surface area (Å²) in [5.41, 5.74) is 3.15. The fourth-order valence-electron chi connectivity index (χ4n) is 1.54. The summed E-state index contributed by atoms with van der Waals surface area (Å²) in [5, 5.41) is 11.9. The van der Waals surface area contributed by atoms with Gasteiger partial charge in [-0.05, 0) is 30.5 Å². The predicted molar refractivity (Wildman–Crippen MR) is 62.1 cm³/mol. The average molecular weight is 256 g/mol. The summed E-state index contributed by atoms with van der Waals surface area (Å²) in [7, 11) is 0. The van der Waals surface area contributed by atoms with Crippen LogP contribution in [-0.2, 0) is 6.42 Å². The summed E-state index contributed by atoms with van der Waals surface area (Å²) in [6.07, 6.45) is 1.83. The van der Waals surface area contributed by atoms with Gasteiger partial charge >= 0.3 is 0 Å². The van der Waals surface area contributed by atoms with Crippen LogP contribution in [0.25, 0.3) is 0 Å². The van der Waals surface area contributed by atoms with E-state index in [1.165, 1.54) is 5.56 Å². The Hall–Kier alpha value is -0.830. The lowest BCUT2D eigenvalue weighted by Gasteiger charge is -1.97. The van der Waals surface area contributed by atoms with Crippen LogP contribution in [0.1, 0.15) is 31.4 Å². The molecule has 1 aromatic carbocycles. The largest absolute Gasteiger partial charge is 0.411 e. The van der Waals surface area contributed by atoms with E-state index in [1.54, 1.807) is 0 Å². The van der Waals surface area contributed by atoms with Gasteiger partial charge in [-0.3, -0.25) is 0 Å². The first kappa shape index (κ1) is 11.2. The van der Waals surface area contributed by atoms with Crippen molar-refractivity contribution in [2.75, 3.05) is 0 Å². The fraction of sp³-hybridized carbons (Fsp3) is 0.364. The van der Waals surface area contributed by atoms with E-state index in [-0.39, 0.29) is 0 Å². The minimum atomic E-state index is 0.803. The number of nitrogens with zero attached hydrogens (tertiary/aromatic N) is 1. The maximum atomic E-state index is 8.66. The number of benzene rings is 1. The highest BCUT2D eigenvalue weighted by molar-refractivity contribution is 9.10. The number of hydrogen-bond donors (Lipinski definition) is 1. The van der Waals surface area contributed by atoms with Crippen molar-refractivity contribution < 1.29 is 5.21 Å². The number of rotatable bonds is 0. The van der Waals surface area contributed by atoms with Gasteiger partial charge in [-0.15, -0.1) is 0 Å². The second-order valence-corrected chi connectivity index (χ2v) is 3.76. The van der Waals surface area contributed by atoms with E-state index >= 15 is 0 Å². The smallest absolute Gasteiger partial charge is 0.0873 e. The lowest BCUT2D eigenvalue weighted by atomic mass is 10.1. The first-order valence-electron chi connectivity index (χ1n) is 4.81. The lowest BCUT2D eigenvalue weighted by Crippen LogP contribution is -1.92. The molecule has 0 radical (unpaired) electrons. The van der Waals surface area contributed by atoms with Crippen LogP contribution in [0, 0.1) is 0 Å². The molecule has 0 aliphatic heterocycles. The molecule has 2 nitrogen and oxygen atoms in total. The molecule has 0 saturated carbocycles. The summed E-state index contributed by atoms with van der Waals surface area (Å²) in [5.74, 6) is 0. The first-order valence-corrected chi connectivity index (χ1v) is 5.60. The standard InChI is InChI=1S/C9H8BrNO.C2H6/c10-7-2-3-8-6(5-7)1-4-9(8)11-12;1-2/h2-3,5,12H,1,4H2;1-2H3/b11-9+;. The summed E-state index contributed by atoms with van der Waals surface area (Å²) in [6.45, 7) is 4.00. The van der Waals surface area contributed by atoms with E-state index in [2.05, 4.69) is 27.2 Å². The van der Waals surface area contributed by atoms with E-state index in [0.29, 0.717) is 0 Å². The zero-order valence-corrected chi connectivity index (χ0v) is 10.0. The van der Waals surface area contributed by atoms with Crippen LogP contribution in [0.2, 0.25) is 0 Å². The van der Waals surface area contributed by atoms with Crippen LogP contribution in [0.4, 0.5) is 0 Å². The van der Waals surface area contributed by atoms with Crippen molar-refractivity contribution in [1.82, 2.24) is 0 Å². The molecule has 1 aromatic rings. The SMILES string of the molecule is CC.O/N=C1\CCc2cc(Br)ccc21. The van der Waals surface area contributed by atoms with Crippen molar-refractivity contribution in [2.24, 2.45) is 5.16 Å². The summed E-state index contributed by atoms with van der Waals surface area (Å²) in [6, 6.07) is 6.03. The first-order chi connectivity index (χ1) is 6.81. The topological polar surface area (TPSA) is 32.6 Å². The molecular weight excluding hydrogens is 242 g/mol. The third-order valence-corrected chi connectivity index (χ3v) is 2.62. The molecule has 3 heteroatoms. The minimum Gasteiger partial charge on any atom is -0.411 e. The third kappa shape index (κ3) is 2.15. The third-order valence-electron chi connectivity index (χ3n) is 2.13. The van der Waals surface area contributed by atoms with E-state index in [0.717, 1.165) is 28.6 Å². The molecule has 2 rings (SSSR count). The minimum absolute atomic E-state index is 0.803. The molecule has 0 bridgehead atoms. The molecule has 0 heterocycles. The van der Waals surface area contributed by atoms with Crippen molar-refractivity contribution in [1.29, 1.82) is 0 Å². The number of fused-ring (bicyclic) bond motifs is 1. The maximum absolute atomic E-state index is 8.66. The Bertz CT molecular complexity index is 347. The van der Waals surface area contributed by atoms with Crippen molar-refractivity contribution in [3.05, 3.63) is 33.8 Å². The van der Waals surface area contributed by atoms with Gasteiger partial charge in [0, 0.05) is 10.0 Å². The van der Waals surface area contributed by atoms with Gasteiger partial charge in [0.05, 0.1) is 5.71 Å². The maximum Gasteiger partial charge on any atom is 0.0873 e. The fourth-order valence-corrected chi connectivity index (χ4v) is 1.95. The van der Waals surface area contributed by atoms with Crippen molar-refractivity contribution >= 4 is 21.6 Å². The van der Waals surface area contributed by atoms with E-state index in [9.17, 15) is 0 Å². The Morgan fingerprint density at radius 1 is 1.29 bits per heavy atom. The Morgan fingerprint density at radius 2 is 2.00 bits per heavy atom. The van der Waals surface area contributed by atoms with Crippen LogP contribution < -0.4 is 0 Å². The molecule has 0 saturated heterocycles. The van der Waals surface area contributed by atoms with E-state index in [1.807, 2.05) is 26.0 Å². The molecule has 0 spiro atoms. The molecule has 1 aliphatic rings. The van der Waals surface area contributed by atoms with Gasteiger partial charge in [0.2, 0.25) is 0 Å². The normalized spacial score (nSPS) is 16.1. The highest BCUT2D eigenvalue weighted by Gasteiger charge is 2.17. The van der Waals surface area contributed by atoms with Gasteiger partial charge in [0.15, 0.2) is 0 Å². The van der Waals surface area contributed by atoms with E-state index in [4.69, 9.17) is 5.21 Å². The second-order valence-electron chi connectivity index (χ2n) is 2.85. The molecule has 0 fully saturated rings. The lowest BCUT2D eigenvalue weighted by molar-refractivity contribution is 0.318. The number of hydrogen-bond acceptors (Lipinski definition) is 2. The van der Waals surface area contributed by atoms with Crippen molar-refractivity contribution in [2.45, 2.75) is 26.7 Å². The Labute approximate surface area is 92.8 Å². The molecule has 14 heavy (non-hydrogen) atoms. The molecule has 0 unspecified atom stereocenters. The van der Waals surface area contributed by atoms with Crippen LogP contribution in [0.15, 0.2) is 27.8 Å². The number of aryl methyl sites for hydroxylation is 1. The summed E-state index contributed by atoms with van der Waals surface area (Å²) >= 11 is 3.40. The zero-order valence-electron chi connectivity index (χ0n) is 8.42. The monoisotopic (exact) mass is 255 g/mol. The van der Waals surface area contributed by atoms with Gasteiger partial charge in [0.1, 0.15) is 0 Å². The van der Waals surface area contributed by atoms with Crippen LogP contribution >= 0.6 is 15.9 Å². The number of oxime groups is 1. The van der Waals surface area contributed by atoms with Crippen LogP contribution in [-0.4, -0.2) is 10.9 Å². The van der Waals surface area contributed by atoms with Gasteiger partial charge in [0.25, 0.3) is 0 Å². The molecule has 0 amide bonds. The van der Waals surface area contributed by atoms with E-state index < -0.39 is 0 Å². The van der Waals surface area contributed by atoms with Gasteiger partial charge in [-0.2, -0.15) is 0 Å². The Kier molecular flexibility index (Phi) is 4.14. The highest BCUT2D eigenvalue weighted by Crippen LogP contribution is 2.25. The quantitative estimate of drug-likeness (QED) is 0.558. The number of halogens is 1.